The van der Waals surface area contributed by atoms with E-state index in [1.165, 1.54) is 23.8 Å². The predicted octanol–water partition coefficient (Wildman–Crippen LogP) is 4.35. The zero-order chi connectivity index (χ0) is 21.7. The predicted molar refractivity (Wildman–Crippen MR) is 122 cm³/mol. The molecule has 1 heterocycles. The average Bonchev–Trinajstić information content (AvgIpc) is 3.00. The minimum Gasteiger partial charge on any atom is -0.493 e. The number of amides is 1. The molecule has 2 aromatic carbocycles. The molecule has 1 aliphatic heterocycles. The molecule has 0 atom stereocenters. The van der Waals surface area contributed by atoms with E-state index in [-0.39, 0.29) is 19.1 Å². The third-order valence-electron chi connectivity index (χ3n) is 4.21. The van der Waals surface area contributed by atoms with Gasteiger partial charge in [-0.2, -0.15) is 0 Å². The first-order valence-electron chi connectivity index (χ1n) is 9.24. The van der Waals surface area contributed by atoms with Crippen LogP contribution in [-0.2, 0) is 14.3 Å². The summed E-state index contributed by atoms with van der Waals surface area (Å²) in [5.74, 6) is 0.103. The van der Waals surface area contributed by atoms with Crippen molar-refractivity contribution in [2.24, 2.45) is 0 Å². The summed E-state index contributed by atoms with van der Waals surface area (Å²) in [6.07, 6.45) is 1.69. The van der Waals surface area contributed by atoms with E-state index in [1.807, 2.05) is 31.2 Å². The number of rotatable bonds is 7. The number of ether oxygens (including phenoxy) is 3. The van der Waals surface area contributed by atoms with Crippen LogP contribution in [0.2, 0.25) is 0 Å². The van der Waals surface area contributed by atoms with Gasteiger partial charge in [0.2, 0.25) is 0 Å². The maximum Gasteiger partial charge on any atom is 0.344 e. The van der Waals surface area contributed by atoms with E-state index in [1.54, 1.807) is 31.2 Å². The first kappa shape index (κ1) is 21.9. The molecule has 0 saturated carbocycles. The minimum atomic E-state index is -0.486. The number of methoxy groups -OCH3 is 1. The van der Waals surface area contributed by atoms with Crippen molar-refractivity contribution in [2.75, 3.05) is 25.2 Å². The van der Waals surface area contributed by atoms with Gasteiger partial charge in [-0.05, 0) is 43.7 Å². The van der Waals surface area contributed by atoms with Crippen LogP contribution in [-0.4, -0.2) is 36.5 Å². The van der Waals surface area contributed by atoms with Crippen molar-refractivity contribution in [3.8, 4) is 11.5 Å². The van der Waals surface area contributed by atoms with Crippen LogP contribution in [0, 0.1) is 6.92 Å². The second-order valence-electron chi connectivity index (χ2n) is 6.33. The fourth-order valence-electron chi connectivity index (χ4n) is 2.89. The van der Waals surface area contributed by atoms with Gasteiger partial charge in [-0.15, -0.1) is 0 Å². The number of carbonyl (C=O) groups excluding carboxylic acids is 2. The minimum absolute atomic E-state index is 0.213. The summed E-state index contributed by atoms with van der Waals surface area (Å²) in [6, 6.07) is 12.9. The van der Waals surface area contributed by atoms with Crippen LogP contribution in [0.25, 0.3) is 6.08 Å². The summed E-state index contributed by atoms with van der Waals surface area (Å²) in [4.78, 5) is 26.7. The zero-order valence-electron chi connectivity index (χ0n) is 16.8. The Bertz CT molecular complexity index is 1020. The first-order chi connectivity index (χ1) is 14.4. The van der Waals surface area contributed by atoms with Gasteiger partial charge in [-0.3, -0.25) is 9.69 Å². The number of carbonyl (C=O) groups is 2. The molecule has 8 heteroatoms. The molecule has 0 N–H and O–H groups in total. The summed E-state index contributed by atoms with van der Waals surface area (Å²) in [5.41, 5.74) is 2.36. The molecule has 3 rings (SSSR count). The maximum absolute atomic E-state index is 13.1. The number of hydrogen-bond donors (Lipinski definition) is 0. The van der Waals surface area contributed by atoms with Crippen molar-refractivity contribution in [3.05, 3.63) is 58.5 Å². The number of thioether (sulfide) groups is 1. The van der Waals surface area contributed by atoms with Gasteiger partial charge in [0.15, 0.2) is 22.4 Å². The van der Waals surface area contributed by atoms with Gasteiger partial charge in [0.25, 0.3) is 5.91 Å². The normalized spacial score (nSPS) is 14.9. The Kier molecular flexibility index (Phi) is 7.12. The molecule has 0 bridgehead atoms. The maximum atomic E-state index is 13.1. The topological polar surface area (TPSA) is 65.1 Å². The largest absolute Gasteiger partial charge is 0.493 e. The van der Waals surface area contributed by atoms with Crippen LogP contribution >= 0.6 is 24.0 Å². The number of hydrogen-bond acceptors (Lipinski definition) is 7. The van der Waals surface area contributed by atoms with E-state index in [4.69, 9.17) is 26.4 Å². The van der Waals surface area contributed by atoms with Crippen LogP contribution in [0.5, 0.6) is 11.5 Å². The van der Waals surface area contributed by atoms with Gasteiger partial charge in [0, 0.05) is 5.56 Å². The lowest BCUT2D eigenvalue weighted by molar-refractivity contribution is -0.145. The van der Waals surface area contributed by atoms with Crippen molar-refractivity contribution in [1.29, 1.82) is 0 Å². The number of nitrogens with zero attached hydrogens (tertiary/aromatic N) is 1. The number of esters is 1. The molecule has 0 spiro atoms. The average molecular weight is 444 g/mol. The fraction of sp³-hybridized carbons (Fsp3) is 0.227. The molecule has 1 aliphatic rings. The molecule has 0 radical (unpaired) electrons. The molecular weight excluding hydrogens is 422 g/mol. The Morgan fingerprint density at radius 3 is 2.70 bits per heavy atom. The Morgan fingerprint density at radius 1 is 1.23 bits per heavy atom. The number of thiocarbonyl (C=S) groups is 1. The summed E-state index contributed by atoms with van der Waals surface area (Å²) < 4.78 is 16.4. The number of benzene rings is 2. The van der Waals surface area contributed by atoms with Crippen molar-refractivity contribution >= 4 is 51.9 Å². The van der Waals surface area contributed by atoms with Crippen molar-refractivity contribution in [1.82, 2.24) is 0 Å². The monoisotopic (exact) mass is 443 g/mol. The molecule has 2 aromatic rings. The highest BCUT2D eigenvalue weighted by Gasteiger charge is 2.33. The highest BCUT2D eigenvalue weighted by molar-refractivity contribution is 8.27. The van der Waals surface area contributed by atoms with Crippen LogP contribution in [0.15, 0.2) is 47.4 Å². The molecule has 0 aromatic heterocycles. The van der Waals surface area contributed by atoms with Gasteiger partial charge < -0.3 is 14.2 Å². The standard InChI is InChI=1S/C22H21NO5S2/c1-4-27-19(24)13-28-20-15(8-6-10-17(20)26-3)12-18-21(25)23(22(29)30-18)16-9-5-7-14(2)11-16/h5-12H,4,13H2,1-3H3/b18-12-. The first-order valence-corrected chi connectivity index (χ1v) is 10.5. The van der Waals surface area contributed by atoms with E-state index in [0.717, 1.165) is 11.3 Å². The zero-order valence-corrected chi connectivity index (χ0v) is 18.5. The molecule has 156 valence electrons. The van der Waals surface area contributed by atoms with E-state index in [9.17, 15) is 9.59 Å². The highest BCUT2D eigenvalue weighted by atomic mass is 32.2. The molecule has 0 unspecified atom stereocenters. The second kappa shape index (κ2) is 9.77. The molecule has 6 nitrogen and oxygen atoms in total. The molecular formula is C22H21NO5S2. The molecule has 1 fully saturated rings. The van der Waals surface area contributed by atoms with Crippen LogP contribution in [0.4, 0.5) is 5.69 Å². The van der Waals surface area contributed by atoms with E-state index in [0.29, 0.717) is 26.3 Å². The Balaban J connectivity index is 1.92. The van der Waals surface area contributed by atoms with Gasteiger partial charge in [0.1, 0.15) is 0 Å². The molecule has 1 saturated heterocycles. The van der Waals surface area contributed by atoms with E-state index in [2.05, 4.69) is 0 Å². The lowest BCUT2D eigenvalue weighted by Crippen LogP contribution is -2.27. The van der Waals surface area contributed by atoms with Gasteiger partial charge in [-0.25, -0.2) is 4.79 Å². The van der Waals surface area contributed by atoms with Crippen LogP contribution < -0.4 is 14.4 Å². The summed E-state index contributed by atoms with van der Waals surface area (Å²) in [6.45, 7) is 3.69. The van der Waals surface area contributed by atoms with E-state index >= 15 is 0 Å². The number of aryl methyl sites for hydroxylation is 1. The smallest absolute Gasteiger partial charge is 0.344 e. The summed E-state index contributed by atoms with van der Waals surface area (Å²) in [5, 5.41) is 0. The van der Waals surface area contributed by atoms with Crippen molar-refractivity contribution in [2.45, 2.75) is 13.8 Å². The van der Waals surface area contributed by atoms with Gasteiger partial charge in [-0.1, -0.05) is 48.2 Å². The number of para-hydroxylation sites is 1. The van der Waals surface area contributed by atoms with Crippen molar-refractivity contribution in [3.63, 3.8) is 0 Å². The van der Waals surface area contributed by atoms with Crippen LogP contribution in [0.3, 0.4) is 0 Å². The SMILES string of the molecule is CCOC(=O)COc1c(/C=C2\SC(=S)N(c3cccc(C)c3)C2=O)cccc1OC. The molecule has 0 aliphatic carbocycles. The summed E-state index contributed by atoms with van der Waals surface area (Å²) in [7, 11) is 1.51. The molecule has 1 amide bonds. The van der Waals surface area contributed by atoms with E-state index < -0.39 is 5.97 Å². The quantitative estimate of drug-likeness (QED) is 0.358. The Labute approximate surface area is 184 Å². The Hall–Kier alpha value is -2.84. The third kappa shape index (κ3) is 4.83. The van der Waals surface area contributed by atoms with Crippen LogP contribution in [0.1, 0.15) is 18.1 Å². The lowest BCUT2D eigenvalue weighted by Gasteiger charge is -2.15. The summed E-state index contributed by atoms with van der Waals surface area (Å²) >= 11 is 6.66. The Morgan fingerprint density at radius 2 is 2.00 bits per heavy atom. The van der Waals surface area contributed by atoms with Crippen molar-refractivity contribution < 1.29 is 23.8 Å². The molecule has 30 heavy (non-hydrogen) atoms. The highest BCUT2D eigenvalue weighted by Crippen LogP contribution is 2.39. The van der Waals surface area contributed by atoms with Gasteiger partial charge >= 0.3 is 5.97 Å². The lowest BCUT2D eigenvalue weighted by atomic mass is 10.1. The fourth-order valence-corrected chi connectivity index (χ4v) is 4.18. The number of anilines is 1. The van der Waals surface area contributed by atoms with Gasteiger partial charge in [0.05, 0.1) is 24.3 Å². The second-order valence-corrected chi connectivity index (χ2v) is 8.00. The third-order valence-corrected chi connectivity index (χ3v) is 5.51.